The van der Waals surface area contributed by atoms with E-state index in [4.69, 9.17) is 16.7 Å². The van der Waals surface area contributed by atoms with Crippen LogP contribution in [0.15, 0.2) is 30.0 Å². The standard InChI is InChI=1S/C25H36ClNO4/c1-16(2)19-15-27(12-10-21(28)23(30)31)22(29)14-25(19,6)18-8-7-17(20(26)13-18)9-11-24(3,4)5/h7-8,13,15-16,21,28H,9-12,14H2,1-6H3,(H,30,31)/t21-,25-/m1/s1. The summed E-state index contributed by atoms with van der Waals surface area (Å²) in [7, 11) is 0. The van der Waals surface area contributed by atoms with Crippen LogP contribution in [0.4, 0.5) is 0 Å². The van der Waals surface area contributed by atoms with Gasteiger partial charge >= 0.3 is 5.97 Å². The van der Waals surface area contributed by atoms with E-state index in [0.29, 0.717) is 0 Å². The fraction of sp³-hybridized carbons (Fsp3) is 0.600. The van der Waals surface area contributed by atoms with E-state index in [2.05, 4.69) is 53.7 Å². The maximum Gasteiger partial charge on any atom is 0.332 e. The van der Waals surface area contributed by atoms with Gasteiger partial charge in [-0.2, -0.15) is 0 Å². The molecule has 6 heteroatoms. The van der Waals surface area contributed by atoms with Crippen LogP contribution in [0.25, 0.3) is 0 Å². The average molecular weight is 450 g/mol. The van der Waals surface area contributed by atoms with Gasteiger partial charge in [0.15, 0.2) is 6.10 Å². The third kappa shape index (κ3) is 6.33. The molecule has 1 aliphatic rings. The van der Waals surface area contributed by atoms with Gasteiger partial charge in [-0.15, -0.1) is 0 Å². The van der Waals surface area contributed by atoms with Crippen LogP contribution in [0.1, 0.15) is 71.9 Å². The van der Waals surface area contributed by atoms with Gasteiger partial charge in [0.1, 0.15) is 0 Å². The molecule has 0 fully saturated rings. The Balaban J connectivity index is 2.32. The van der Waals surface area contributed by atoms with E-state index < -0.39 is 17.5 Å². The summed E-state index contributed by atoms with van der Waals surface area (Å²) in [5.41, 5.74) is 2.96. The van der Waals surface area contributed by atoms with E-state index in [-0.39, 0.29) is 36.6 Å². The second-order valence-electron chi connectivity index (χ2n) is 10.3. The van der Waals surface area contributed by atoms with Crippen molar-refractivity contribution in [2.45, 2.75) is 78.7 Å². The molecule has 0 saturated carbocycles. The lowest BCUT2D eigenvalue weighted by atomic mass is 9.68. The first kappa shape index (κ1) is 25.4. The number of amides is 1. The molecule has 2 N–H and O–H groups in total. The number of nitrogens with zero attached hydrogens (tertiary/aromatic N) is 1. The lowest BCUT2D eigenvalue weighted by Crippen LogP contribution is -2.43. The highest BCUT2D eigenvalue weighted by atomic mass is 35.5. The van der Waals surface area contributed by atoms with Crippen molar-refractivity contribution in [3.63, 3.8) is 0 Å². The van der Waals surface area contributed by atoms with Crippen LogP contribution < -0.4 is 0 Å². The molecule has 0 bridgehead atoms. The molecule has 0 aromatic heterocycles. The summed E-state index contributed by atoms with van der Waals surface area (Å²) in [6.45, 7) is 13.1. The Morgan fingerprint density at radius 2 is 1.94 bits per heavy atom. The Bertz CT molecular complexity index is 856. The van der Waals surface area contributed by atoms with E-state index in [1.165, 1.54) is 0 Å². The van der Waals surface area contributed by atoms with Crippen molar-refractivity contribution in [3.05, 3.63) is 46.1 Å². The SMILES string of the molecule is CC(C)C1=CN(CC[C@@H](O)C(=O)O)C(=O)C[C@]1(C)c1ccc(CCC(C)(C)C)c(Cl)c1. The van der Waals surface area contributed by atoms with Gasteiger partial charge < -0.3 is 15.1 Å². The van der Waals surface area contributed by atoms with Crippen molar-refractivity contribution in [3.8, 4) is 0 Å². The lowest BCUT2D eigenvalue weighted by molar-refractivity contribution is -0.147. The van der Waals surface area contributed by atoms with E-state index in [1.807, 2.05) is 12.3 Å². The summed E-state index contributed by atoms with van der Waals surface area (Å²) >= 11 is 6.65. The molecule has 0 radical (unpaired) electrons. The minimum absolute atomic E-state index is 0.00599. The van der Waals surface area contributed by atoms with Crippen LogP contribution in [0.2, 0.25) is 5.02 Å². The molecule has 0 aliphatic carbocycles. The number of aliphatic hydroxyl groups is 1. The summed E-state index contributed by atoms with van der Waals surface area (Å²) in [6, 6.07) is 6.15. The fourth-order valence-electron chi connectivity index (χ4n) is 4.12. The summed E-state index contributed by atoms with van der Waals surface area (Å²) in [6.07, 6.45) is 2.58. The van der Waals surface area contributed by atoms with Crippen molar-refractivity contribution in [2.75, 3.05) is 6.54 Å². The molecule has 2 atom stereocenters. The number of halogens is 1. The smallest absolute Gasteiger partial charge is 0.332 e. The van der Waals surface area contributed by atoms with Crippen LogP contribution in [-0.2, 0) is 21.4 Å². The quantitative estimate of drug-likeness (QED) is 0.572. The first-order chi connectivity index (χ1) is 14.2. The zero-order valence-electron chi connectivity index (χ0n) is 19.5. The fourth-order valence-corrected chi connectivity index (χ4v) is 4.40. The van der Waals surface area contributed by atoms with Gasteiger partial charge in [0, 0.05) is 36.0 Å². The Labute approximate surface area is 191 Å². The Morgan fingerprint density at radius 3 is 2.45 bits per heavy atom. The normalized spacial score (nSPS) is 20.7. The number of carbonyl (C=O) groups excluding carboxylic acids is 1. The molecule has 1 aromatic carbocycles. The van der Waals surface area contributed by atoms with E-state index in [1.54, 1.807) is 4.90 Å². The highest BCUT2D eigenvalue weighted by molar-refractivity contribution is 6.31. The summed E-state index contributed by atoms with van der Waals surface area (Å²) in [5.74, 6) is -1.18. The van der Waals surface area contributed by atoms with Gasteiger partial charge in [-0.1, -0.05) is 65.3 Å². The maximum absolute atomic E-state index is 12.9. The molecular weight excluding hydrogens is 414 g/mol. The van der Waals surface area contributed by atoms with Gasteiger partial charge in [-0.05, 0) is 46.9 Å². The number of hydrogen-bond acceptors (Lipinski definition) is 3. The van der Waals surface area contributed by atoms with Crippen molar-refractivity contribution >= 4 is 23.5 Å². The number of hydrogen-bond donors (Lipinski definition) is 2. The first-order valence-corrected chi connectivity index (χ1v) is 11.3. The lowest BCUT2D eigenvalue weighted by Gasteiger charge is -2.41. The van der Waals surface area contributed by atoms with E-state index >= 15 is 0 Å². The number of carboxylic acid groups (broad SMARTS) is 1. The molecule has 1 aromatic rings. The summed E-state index contributed by atoms with van der Waals surface area (Å²) in [5, 5.41) is 19.2. The van der Waals surface area contributed by atoms with Gasteiger partial charge in [0.05, 0.1) is 0 Å². The van der Waals surface area contributed by atoms with Gasteiger partial charge in [0.2, 0.25) is 5.91 Å². The van der Waals surface area contributed by atoms with Crippen LogP contribution in [0, 0.1) is 11.3 Å². The molecular formula is C25H36ClNO4. The predicted octanol–water partition coefficient (Wildman–Crippen LogP) is 5.18. The number of aliphatic carboxylic acids is 1. The third-order valence-corrected chi connectivity index (χ3v) is 6.49. The van der Waals surface area contributed by atoms with Crippen molar-refractivity contribution in [1.29, 1.82) is 0 Å². The van der Waals surface area contributed by atoms with Crippen LogP contribution in [0.5, 0.6) is 0 Å². The number of aryl methyl sites for hydroxylation is 1. The molecule has 0 saturated heterocycles. The zero-order chi connectivity index (χ0) is 23.6. The minimum atomic E-state index is -1.48. The van der Waals surface area contributed by atoms with Crippen LogP contribution in [-0.4, -0.2) is 39.6 Å². The maximum atomic E-state index is 12.9. The molecule has 1 amide bonds. The molecule has 172 valence electrons. The average Bonchev–Trinajstić information content (AvgIpc) is 2.64. The Morgan fingerprint density at radius 1 is 1.29 bits per heavy atom. The summed E-state index contributed by atoms with van der Waals surface area (Å²) in [4.78, 5) is 25.4. The number of aliphatic hydroxyl groups excluding tert-OH is 1. The summed E-state index contributed by atoms with van der Waals surface area (Å²) < 4.78 is 0. The molecule has 1 heterocycles. The molecule has 5 nitrogen and oxygen atoms in total. The van der Waals surface area contributed by atoms with Gasteiger partial charge in [0.25, 0.3) is 0 Å². The third-order valence-electron chi connectivity index (χ3n) is 6.14. The number of benzene rings is 1. The minimum Gasteiger partial charge on any atom is -0.479 e. The Kier molecular flexibility index (Phi) is 7.99. The van der Waals surface area contributed by atoms with E-state index in [0.717, 1.165) is 34.6 Å². The predicted molar refractivity (Wildman–Crippen MR) is 124 cm³/mol. The van der Waals surface area contributed by atoms with Gasteiger partial charge in [-0.25, -0.2) is 4.79 Å². The molecule has 1 aliphatic heterocycles. The van der Waals surface area contributed by atoms with E-state index in [9.17, 15) is 14.7 Å². The van der Waals surface area contributed by atoms with Crippen LogP contribution >= 0.6 is 11.6 Å². The molecule has 0 unspecified atom stereocenters. The molecule has 31 heavy (non-hydrogen) atoms. The number of carboxylic acids is 1. The monoisotopic (exact) mass is 449 g/mol. The van der Waals surface area contributed by atoms with Crippen molar-refractivity contribution in [2.24, 2.45) is 11.3 Å². The highest BCUT2D eigenvalue weighted by Crippen LogP contribution is 2.43. The van der Waals surface area contributed by atoms with Gasteiger partial charge in [-0.3, -0.25) is 4.79 Å². The highest BCUT2D eigenvalue weighted by Gasteiger charge is 2.40. The van der Waals surface area contributed by atoms with Crippen molar-refractivity contribution in [1.82, 2.24) is 4.90 Å². The largest absolute Gasteiger partial charge is 0.479 e. The second kappa shape index (κ2) is 9.74. The Hall–Kier alpha value is -1.85. The molecule has 2 rings (SSSR count). The first-order valence-electron chi connectivity index (χ1n) is 11.0. The number of carbonyl (C=O) groups is 2. The zero-order valence-corrected chi connectivity index (χ0v) is 20.3. The van der Waals surface area contributed by atoms with Crippen LogP contribution in [0.3, 0.4) is 0 Å². The van der Waals surface area contributed by atoms with Crippen molar-refractivity contribution < 1.29 is 19.8 Å². The number of allylic oxidation sites excluding steroid dienone is 1. The topological polar surface area (TPSA) is 77.8 Å². The molecule has 0 spiro atoms. The second-order valence-corrected chi connectivity index (χ2v) is 10.8. The number of rotatable bonds is 8.